The molecular formula is C24H18F2N6O5S. The van der Waals surface area contributed by atoms with E-state index in [0.717, 1.165) is 24.3 Å². The molecule has 0 fully saturated rings. The lowest BCUT2D eigenvalue weighted by Gasteiger charge is -2.13. The van der Waals surface area contributed by atoms with E-state index < -0.39 is 22.4 Å². The highest BCUT2D eigenvalue weighted by Gasteiger charge is 2.25. The smallest absolute Gasteiger partial charge is 0.387 e. The molecule has 194 valence electrons. The van der Waals surface area contributed by atoms with E-state index in [1.54, 1.807) is 12.3 Å². The van der Waals surface area contributed by atoms with E-state index in [-0.39, 0.29) is 49.4 Å². The maximum Gasteiger partial charge on any atom is 0.387 e. The van der Waals surface area contributed by atoms with Gasteiger partial charge in [0, 0.05) is 31.2 Å². The Labute approximate surface area is 213 Å². The summed E-state index contributed by atoms with van der Waals surface area (Å²) in [5.74, 6) is -1.23. The van der Waals surface area contributed by atoms with Gasteiger partial charge in [-0.25, -0.2) is 17.9 Å². The van der Waals surface area contributed by atoms with Gasteiger partial charge < -0.3 is 15.2 Å². The molecule has 2 aromatic carbocycles. The van der Waals surface area contributed by atoms with E-state index in [1.807, 2.05) is 0 Å². The van der Waals surface area contributed by atoms with Crippen LogP contribution in [0.4, 0.5) is 14.5 Å². The number of carbonyl (C=O) groups excluding carboxylic acids is 1. The minimum atomic E-state index is -4.17. The number of benzene rings is 2. The van der Waals surface area contributed by atoms with E-state index in [4.69, 9.17) is 0 Å². The Morgan fingerprint density at radius 3 is 2.68 bits per heavy atom. The van der Waals surface area contributed by atoms with Crippen LogP contribution in [0.2, 0.25) is 0 Å². The van der Waals surface area contributed by atoms with Crippen LogP contribution in [0.5, 0.6) is 11.5 Å². The fraction of sp³-hybridized carbons (Fsp3) is 0.0833. The number of aryl methyl sites for hydroxylation is 1. The average Bonchev–Trinajstić information content (AvgIpc) is 3.47. The maximum atomic E-state index is 13.2. The molecule has 1 amide bonds. The summed E-state index contributed by atoms with van der Waals surface area (Å²) in [4.78, 5) is 16.7. The fourth-order valence-electron chi connectivity index (χ4n) is 3.80. The molecular weight excluding hydrogens is 522 g/mol. The van der Waals surface area contributed by atoms with Crippen LogP contribution in [0.15, 0.2) is 83.1 Å². The summed E-state index contributed by atoms with van der Waals surface area (Å²) in [5, 5.41) is 20.7. The number of aromatic nitrogens is 5. The molecule has 2 N–H and O–H groups in total. The number of aromatic hydroxyl groups is 1. The van der Waals surface area contributed by atoms with Crippen molar-refractivity contribution in [3.05, 3.63) is 78.9 Å². The molecule has 0 unspecified atom stereocenters. The zero-order valence-corrected chi connectivity index (χ0v) is 20.3. The normalized spacial score (nSPS) is 11.7. The van der Waals surface area contributed by atoms with Crippen LogP contribution < -0.4 is 10.1 Å². The summed E-state index contributed by atoms with van der Waals surface area (Å²) in [5.41, 5.74) is 0.397. The topological polar surface area (TPSA) is 141 Å². The number of sulfone groups is 1. The Morgan fingerprint density at radius 2 is 1.92 bits per heavy atom. The number of nitrogens with zero attached hydrogens (tertiary/aromatic N) is 5. The third-order valence-corrected chi connectivity index (χ3v) is 7.21. The number of anilines is 1. The second kappa shape index (κ2) is 9.55. The van der Waals surface area contributed by atoms with Crippen molar-refractivity contribution in [1.29, 1.82) is 0 Å². The first-order valence-corrected chi connectivity index (χ1v) is 12.4. The van der Waals surface area contributed by atoms with E-state index in [2.05, 4.69) is 25.2 Å². The summed E-state index contributed by atoms with van der Waals surface area (Å²) in [7, 11) is -2.63. The van der Waals surface area contributed by atoms with Gasteiger partial charge in [0.05, 0.1) is 21.7 Å². The number of ether oxygens (including phenoxy) is 1. The van der Waals surface area contributed by atoms with Crippen molar-refractivity contribution < 1.29 is 31.8 Å². The van der Waals surface area contributed by atoms with Gasteiger partial charge in [-0.1, -0.05) is 6.07 Å². The van der Waals surface area contributed by atoms with Crippen LogP contribution in [0.3, 0.4) is 0 Å². The monoisotopic (exact) mass is 540 g/mol. The van der Waals surface area contributed by atoms with Gasteiger partial charge in [0.2, 0.25) is 9.84 Å². The molecule has 0 saturated carbocycles. The van der Waals surface area contributed by atoms with Crippen molar-refractivity contribution in [3.63, 3.8) is 0 Å². The quantitative estimate of drug-likeness (QED) is 0.320. The van der Waals surface area contributed by atoms with Crippen LogP contribution in [-0.4, -0.2) is 50.4 Å². The molecule has 0 aliphatic heterocycles. The van der Waals surface area contributed by atoms with Crippen molar-refractivity contribution >= 4 is 27.1 Å². The first-order chi connectivity index (χ1) is 18.1. The van der Waals surface area contributed by atoms with Gasteiger partial charge in [-0.3, -0.25) is 9.48 Å². The predicted octanol–water partition coefficient (Wildman–Crippen LogP) is 3.52. The second-order valence-corrected chi connectivity index (χ2v) is 9.95. The lowest BCUT2D eigenvalue weighted by atomic mass is 10.1. The summed E-state index contributed by atoms with van der Waals surface area (Å²) < 4.78 is 60.3. The number of amides is 1. The molecule has 0 radical (unpaired) electrons. The number of hydrogen-bond acceptors (Lipinski definition) is 8. The first-order valence-electron chi connectivity index (χ1n) is 10.9. The molecule has 0 spiro atoms. The van der Waals surface area contributed by atoms with Crippen LogP contribution in [0.1, 0.15) is 10.4 Å². The lowest BCUT2D eigenvalue weighted by molar-refractivity contribution is -0.0494. The number of nitrogens with one attached hydrogen (secondary N) is 1. The number of carbonyl (C=O) groups is 1. The number of alkyl halides is 2. The van der Waals surface area contributed by atoms with Gasteiger partial charge in [-0.2, -0.15) is 19.0 Å². The zero-order valence-electron chi connectivity index (χ0n) is 19.5. The van der Waals surface area contributed by atoms with Gasteiger partial charge in [0.1, 0.15) is 22.8 Å². The average molecular weight is 541 g/mol. The van der Waals surface area contributed by atoms with Crippen LogP contribution >= 0.6 is 0 Å². The molecule has 0 aliphatic rings. The second-order valence-electron chi connectivity index (χ2n) is 8.00. The largest absolute Gasteiger partial charge is 0.508 e. The number of fused-ring (bicyclic) bond motifs is 1. The van der Waals surface area contributed by atoms with E-state index in [0.29, 0.717) is 0 Å². The first kappa shape index (κ1) is 24.8. The van der Waals surface area contributed by atoms with E-state index in [1.165, 1.54) is 53.0 Å². The molecule has 11 nitrogen and oxygen atoms in total. The van der Waals surface area contributed by atoms with E-state index >= 15 is 0 Å². The Hall–Kier alpha value is -4.85. The zero-order chi connectivity index (χ0) is 27.0. The Balaban J connectivity index is 1.60. The molecule has 0 atom stereocenters. The summed E-state index contributed by atoms with van der Waals surface area (Å²) in [6.45, 7) is -3.21. The SMILES string of the molecule is Cn1cc(NC(=O)c2cnn3cccnc23)c(-c2cc(S(=O)(=O)c3cccc(O)c3)ccc2OC(F)F)n1. The number of rotatable bonds is 7. The molecule has 0 bridgehead atoms. The van der Waals surface area contributed by atoms with Gasteiger partial charge in [-0.05, 0) is 42.5 Å². The van der Waals surface area contributed by atoms with Crippen LogP contribution in [0.25, 0.3) is 16.9 Å². The molecule has 14 heteroatoms. The molecule has 0 aliphatic carbocycles. The number of phenolic OH excluding ortho intramolecular Hbond substituents is 1. The van der Waals surface area contributed by atoms with Gasteiger partial charge in [0.25, 0.3) is 5.91 Å². The van der Waals surface area contributed by atoms with Crippen LogP contribution in [-0.2, 0) is 16.9 Å². The minimum Gasteiger partial charge on any atom is -0.508 e. The van der Waals surface area contributed by atoms with Crippen molar-refractivity contribution in [2.75, 3.05) is 5.32 Å². The molecule has 5 aromatic rings. The summed E-state index contributed by atoms with van der Waals surface area (Å²) in [6, 6.07) is 9.96. The van der Waals surface area contributed by atoms with Crippen molar-refractivity contribution in [2.45, 2.75) is 16.4 Å². The summed E-state index contributed by atoms with van der Waals surface area (Å²) >= 11 is 0. The molecule has 3 heterocycles. The Kier molecular flexibility index (Phi) is 6.24. The highest BCUT2D eigenvalue weighted by atomic mass is 32.2. The van der Waals surface area contributed by atoms with E-state index in [9.17, 15) is 27.1 Å². The fourth-order valence-corrected chi connectivity index (χ4v) is 5.13. The van der Waals surface area contributed by atoms with Gasteiger partial charge in [0.15, 0.2) is 5.65 Å². The van der Waals surface area contributed by atoms with Crippen LogP contribution in [0, 0.1) is 0 Å². The van der Waals surface area contributed by atoms with Crippen molar-refractivity contribution in [1.82, 2.24) is 24.4 Å². The number of phenols is 1. The lowest BCUT2D eigenvalue weighted by Crippen LogP contribution is -2.12. The molecule has 38 heavy (non-hydrogen) atoms. The predicted molar refractivity (Wildman–Crippen MR) is 130 cm³/mol. The van der Waals surface area contributed by atoms with Crippen molar-refractivity contribution in [3.8, 4) is 22.8 Å². The highest BCUT2D eigenvalue weighted by molar-refractivity contribution is 7.91. The maximum absolute atomic E-state index is 13.2. The summed E-state index contributed by atoms with van der Waals surface area (Å²) in [6.07, 6.45) is 5.85. The Bertz CT molecular complexity index is 1780. The van der Waals surface area contributed by atoms with Gasteiger partial charge in [-0.15, -0.1) is 0 Å². The van der Waals surface area contributed by atoms with Crippen molar-refractivity contribution in [2.24, 2.45) is 7.05 Å². The third-order valence-electron chi connectivity index (χ3n) is 5.46. The highest BCUT2D eigenvalue weighted by Crippen LogP contribution is 2.38. The minimum absolute atomic E-state index is 0.0195. The molecule has 5 rings (SSSR count). The number of hydrogen-bond donors (Lipinski definition) is 2. The number of halogens is 2. The third kappa shape index (κ3) is 4.64. The van der Waals surface area contributed by atoms with Gasteiger partial charge >= 0.3 is 6.61 Å². The standard InChI is InChI=1S/C24H18F2N6O5S/c1-31-13-19(29-23(34)18-12-28-32-9-3-8-27-22(18)32)21(30-31)17-11-16(6-7-20(17)37-24(25)26)38(35,36)15-5-2-4-14(33)10-15/h2-13,24,33H,1H3,(H,29,34). The molecule has 0 saturated heterocycles. The Morgan fingerprint density at radius 1 is 1.13 bits per heavy atom. The molecule has 3 aromatic heterocycles.